The van der Waals surface area contributed by atoms with E-state index >= 15 is 0 Å². The first kappa shape index (κ1) is 22.5. The fourth-order valence-corrected chi connectivity index (χ4v) is 9.36. The van der Waals surface area contributed by atoms with Crippen molar-refractivity contribution in [3.63, 3.8) is 0 Å². The van der Waals surface area contributed by atoms with Gasteiger partial charge in [-0.3, -0.25) is 4.79 Å². The molecule has 4 saturated carbocycles. The molecule has 1 aromatic rings. The van der Waals surface area contributed by atoms with E-state index in [1.165, 1.54) is 19.3 Å². The van der Waals surface area contributed by atoms with E-state index in [4.69, 9.17) is 18.0 Å². The van der Waals surface area contributed by atoms with Crippen molar-refractivity contribution in [1.82, 2.24) is 0 Å². The fraction of sp³-hybridized carbons (Fsp3) is 0.690. The summed E-state index contributed by atoms with van der Waals surface area (Å²) in [5, 5.41) is 12.3. The lowest BCUT2D eigenvalue weighted by atomic mass is 9.42. The number of carbonyl (C=O) groups is 1. The molecule has 1 aromatic carbocycles. The molecule has 0 heterocycles. The number of hydrogen-bond donors (Lipinski definition) is 1. The molecule has 5 rings (SSSR count). The van der Waals surface area contributed by atoms with Crippen molar-refractivity contribution in [3.05, 3.63) is 34.9 Å². The third-order valence-electron chi connectivity index (χ3n) is 10.9. The number of aliphatic hydroxyl groups is 1. The zero-order valence-electron chi connectivity index (χ0n) is 19.7. The Balaban J connectivity index is 1.49. The Labute approximate surface area is 198 Å². The summed E-state index contributed by atoms with van der Waals surface area (Å²) in [7, 11) is 0. The number of terminal acetylenes is 1. The molecule has 1 unspecified atom stereocenters. The van der Waals surface area contributed by atoms with Crippen LogP contribution in [0.4, 0.5) is 0 Å². The molecule has 0 aliphatic heterocycles. The molecule has 4 aliphatic rings. The Hall–Kier alpha value is -1.30. The Morgan fingerprint density at radius 2 is 1.72 bits per heavy atom. The summed E-state index contributed by atoms with van der Waals surface area (Å²) in [4.78, 5) is 12.4. The molecule has 4 aliphatic carbocycles. The zero-order chi connectivity index (χ0) is 22.9. The van der Waals surface area contributed by atoms with Crippen molar-refractivity contribution in [2.24, 2.45) is 40.4 Å². The number of rotatable bonds is 2. The SMILES string of the molecule is C#C[C@@]1(O)C[C@H]2CC[C@@H]3[C@H](CC[C@]4(C)[C@@H](C(C)=O)CC[C@@H]34)[C@@]2(C)CC1c1ccc(Cl)cc1. The van der Waals surface area contributed by atoms with Crippen molar-refractivity contribution < 1.29 is 9.90 Å². The summed E-state index contributed by atoms with van der Waals surface area (Å²) >= 11 is 6.16. The van der Waals surface area contributed by atoms with Gasteiger partial charge in [-0.25, -0.2) is 0 Å². The minimum Gasteiger partial charge on any atom is -0.377 e. The van der Waals surface area contributed by atoms with Crippen molar-refractivity contribution >= 4 is 17.4 Å². The van der Waals surface area contributed by atoms with Crippen LogP contribution in [-0.4, -0.2) is 16.5 Å². The van der Waals surface area contributed by atoms with Gasteiger partial charge >= 0.3 is 0 Å². The Morgan fingerprint density at radius 1 is 1.03 bits per heavy atom. The van der Waals surface area contributed by atoms with E-state index in [0.29, 0.717) is 40.9 Å². The van der Waals surface area contributed by atoms with Crippen molar-refractivity contribution in [2.75, 3.05) is 0 Å². The maximum absolute atomic E-state index is 12.4. The van der Waals surface area contributed by atoms with Gasteiger partial charge in [0.25, 0.3) is 0 Å². The second-order valence-electron chi connectivity index (χ2n) is 12.0. The highest BCUT2D eigenvalue weighted by Crippen LogP contribution is 2.69. The van der Waals surface area contributed by atoms with Crippen LogP contribution in [0.15, 0.2) is 24.3 Å². The summed E-state index contributed by atoms with van der Waals surface area (Å²) in [5.41, 5.74) is 0.363. The number of hydrogen-bond acceptors (Lipinski definition) is 2. The van der Waals surface area contributed by atoms with Gasteiger partial charge < -0.3 is 5.11 Å². The van der Waals surface area contributed by atoms with Gasteiger partial charge in [-0.1, -0.05) is 43.5 Å². The van der Waals surface area contributed by atoms with Crippen LogP contribution in [0, 0.1) is 52.8 Å². The summed E-state index contributed by atoms with van der Waals surface area (Å²) in [6.07, 6.45) is 14.6. The van der Waals surface area contributed by atoms with Gasteiger partial charge in [-0.05, 0) is 110 Å². The lowest BCUT2D eigenvalue weighted by Gasteiger charge is -2.63. The topological polar surface area (TPSA) is 37.3 Å². The molecular weight excluding hydrogens is 416 g/mol. The summed E-state index contributed by atoms with van der Waals surface area (Å²) < 4.78 is 0. The Bertz CT molecular complexity index is 947. The van der Waals surface area contributed by atoms with E-state index in [9.17, 15) is 9.90 Å². The molecule has 172 valence electrons. The lowest BCUT2D eigenvalue weighted by molar-refractivity contribution is -0.149. The van der Waals surface area contributed by atoms with E-state index in [2.05, 4.69) is 19.8 Å². The minimum atomic E-state index is -1.10. The smallest absolute Gasteiger partial charge is 0.133 e. The number of ketones is 1. The predicted octanol–water partition coefficient (Wildman–Crippen LogP) is 6.65. The number of fused-ring (bicyclic) bond motifs is 5. The van der Waals surface area contributed by atoms with Crippen LogP contribution in [0.2, 0.25) is 5.02 Å². The molecular formula is C29H37ClO2. The molecule has 0 aromatic heterocycles. The van der Waals surface area contributed by atoms with E-state index in [0.717, 1.165) is 31.2 Å². The fourth-order valence-electron chi connectivity index (χ4n) is 9.23. The van der Waals surface area contributed by atoms with Crippen molar-refractivity contribution in [2.45, 2.75) is 83.7 Å². The average Bonchev–Trinajstić information content (AvgIpc) is 3.12. The predicted molar refractivity (Wildman–Crippen MR) is 129 cm³/mol. The number of Topliss-reactive ketones (excluding diaryl/α,β-unsaturated/α-hetero) is 1. The van der Waals surface area contributed by atoms with Crippen LogP contribution in [0.3, 0.4) is 0 Å². The van der Waals surface area contributed by atoms with Gasteiger partial charge in [0.05, 0.1) is 0 Å². The van der Waals surface area contributed by atoms with Gasteiger partial charge in [0.2, 0.25) is 0 Å². The third-order valence-corrected chi connectivity index (χ3v) is 11.1. The normalized spacial score (nSPS) is 47.6. The average molecular weight is 453 g/mol. The first-order valence-electron chi connectivity index (χ1n) is 12.6. The van der Waals surface area contributed by atoms with Crippen LogP contribution in [0.1, 0.15) is 83.6 Å². The standard InChI is InChI=1S/C29H37ClO2/c1-5-29(32)16-20-8-11-22-24-13-12-23(18(2)31)27(24,3)15-14-25(22)28(20,4)17-26(29)19-6-9-21(30)10-7-19/h1,6-7,9-10,20,22-26,32H,8,11-17H2,2-4H3/t20-,22+,23-,24+,25+,26?,27-,28+,29-/m1/s1. The van der Waals surface area contributed by atoms with E-state index in [1.54, 1.807) is 6.92 Å². The summed E-state index contributed by atoms with van der Waals surface area (Å²) in [6, 6.07) is 7.92. The highest BCUT2D eigenvalue weighted by Gasteiger charge is 2.63. The van der Waals surface area contributed by atoms with Gasteiger partial charge in [-0.2, -0.15) is 0 Å². The quantitative estimate of drug-likeness (QED) is 0.510. The van der Waals surface area contributed by atoms with Crippen LogP contribution < -0.4 is 0 Å². The number of halogens is 1. The molecule has 0 saturated heterocycles. The Kier molecular flexibility index (Phi) is 5.35. The first-order chi connectivity index (χ1) is 15.1. The lowest BCUT2D eigenvalue weighted by Crippen LogP contribution is -2.58. The second kappa shape index (κ2) is 7.61. The maximum atomic E-state index is 12.4. The first-order valence-corrected chi connectivity index (χ1v) is 13.0. The summed E-state index contributed by atoms with van der Waals surface area (Å²) in [5.74, 6) is 5.87. The van der Waals surface area contributed by atoms with E-state index < -0.39 is 5.60 Å². The second-order valence-corrected chi connectivity index (χ2v) is 12.5. The molecule has 0 amide bonds. The van der Waals surface area contributed by atoms with Gasteiger partial charge in [0.15, 0.2) is 0 Å². The molecule has 1 N–H and O–H groups in total. The van der Waals surface area contributed by atoms with Gasteiger partial charge in [-0.15, -0.1) is 6.42 Å². The molecule has 9 atom stereocenters. The highest BCUT2D eigenvalue weighted by molar-refractivity contribution is 6.30. The summed E-state index contributed by atoms with van der Waals surface area (Å²) in [6.45, 7) is 6.71. The van der Waals surface area contributed by atoms with E-state index in [1.807, 2.05) is 24.3 Å². The molecule has 0 bridgehead atoms. The monoisotopic (exact) mass is 452 g/mol. The maximum Gasteiger partial charge on any atom is 0.133 e. The Morgan fingerprint density at radius 3 is 2.38 bits per heavy atom. The number of benzene rings is 1. The molecule has 3 heteroatoms. The van der Waals surface area contributed by atoms with Crippen LogP contribution >= 0.6 is 11.6 Å². The molecule has 2 nitrogen and oxygen atoms in total. The van der Waals surface area contributed by atoms with Crippen LogP contribution in [0.5, 0.6) is 0 Å². The van der Waals surface area contributed by atoms with Crippen molar-refractivity contribution in [1.29, 1.82) is 0 Å². The zero-order valence-corrected chi connectivity index (χ0v) is 20.5. The van der Waals surface area contributed by atoms with Gasteiger partial charge in [0.1, 0.15) is 11.4 Å². The minimum absolute atomic E-state index is 0.0633. The van der Waals surface area contributed by atoms with Crippen LogP contribution in [0.25, 0.3) is 0 Å². The van der Waals surface area contributed by atoms with Crippen LogP contribution in [-0.2, 0) is 4.79 Å². The largest absolute Gasteiger partial charge is 0.377 e. The molecule has 0 spiro atoms. The third kappa shape index (κ3) is 3.14. The molecule has 4 fully saturated rings. The molecule has 32 heavy (non-hydrogen) atoms. The van der Waals surface area contributed by atoms with Gasteiger partial charge in [0, 0.05) is 16.9 Å². The number of carbonyl (C=O) groups excluding carboxylic acids is 1. The highest BCUT2D eigenvalue weighted by atomic mass is 35.5. The van der Waals surface area contributed by atoms with E-state index in [-0.39, 0.29) is 22.7 Å². The molecule has 0 radical (unpaired) electrons. The van der Waals surface area contributed by atoms with Crippen molar-refractivity contribution in [3.8, 4) is 12.3 Å².